The molecule has 1 heterocycles. The van der Waals surface area contributed by atoms with Gasteiger partial charge < -0.3 is 5.32 Å². The lowest BCUT2D eigenvalue weighted by Gasteiger charge is -2.17. The summed E-state index contributed by atoms with van der Waals surface area (Å²) in [5.74, 6) is 0.232. The molecule has 0 aromatic rings. The Morgan fingerprint density at radius 3 is 2.71 bits per heavy atom. The first kappa shape index (κ1) is 14.3. The number of nitrogens with one attached hydrogen (secondary N) is 1. The Morgan fingerprint density at radius 2 is 2.18 bits per heavy atom. The Morgan fingerprint density at radius 1 is 1.53 bits per heavy atom. The fourth-order valence-electron chi connectivity index (χ4n) is 2.02. The molecule has 0 aromatic heterocycles. The van der Waals surface area contributed by atoms with E-state index in [9.17, 15) is 13.8 Å². The summed E-state index contributed by atoms with van der Waals surface area (Å²) in [7, 11) is -0.900. The van der Waals surface area contributed by atoms with E-state index in [1.54, 1.807) is 6.26 Å². The maximum Gasteiger partial charge on any atom is 0.246 e. The Kier molecular flexibility index (Phi) is 5.27. The number of imide groups is 1. The van der Waals surface area contributed by atoms with Crippen LogP contribution < -0.4 is 5.32 Å². The second-order valence-electron chi connectivity index (χ2n) is 4.45. The van der Waals surface area contributed by atoms with E-state index >= 15 is 0 Å². The smallest absolute Gasteiger partial charge is 0.246 e. The fraction of sp³-hybridized carbons (Fsp3) is 0.818. The molecule has 1 aliphatic rings. The highest BCUT2D eigenvalue weighted by Crippen LogP contribution is 2.14. The van der Waals surface area contributed by atoms with Gasteiger partial charge in [0.1, 0.15) is 0 Å². The summed E-state index contributed by atoms with van der Waals surface area (Å²) in [5.41, 5.74) is 0. The standard InChI is InChI=1S/C11H20N2O3S/c1-4-5-13-10(14)6-9(11(13)15)12-8(2)7-17(3)16/h8-9,12H,4-7H2,1-3H3. The number of hydrogen-bond acceptors (Lipinski definition) is 4. The van der Waals surface area contributed by atoms with E-state index < -0.39 is 16.8 Å². The third-order valence-corrected chi connectivity index (χ3v) is 3.63. The van der Waals surface area contributed by atoms with Gasteiger partial charge in [0.05, 0.1) is 12.5 Å². The molecule has 1 N–H and O–H groups in total. The Labute approximate surface area is 104 Å². The average Bonchev–Trinajstić information content (AvgIpc) is 2.45. The predicted molar refractivity (Wildman–Crippen MR) is 66.9 cm³/mol. The second-order valence-corrected chi connectivity index (χ2v) is 5.93. The van der Waals surface area contributed by atoms with Crippen LogP contribution in [0.3, 0.4) is 0 Å². The van der Waals surface area contributed by atoms with E-state index in [0.29, 0.717) is 12.3 Å². The van der Waals surface area contributed by atoms with Crippen LogP contribution in [0.5, 0.6) is 0 Å². The van der Waals surface area contributed by atoms with Crippen LogP contribution in [0, 0.1) is 0 Å². The summed E-state index contributed by atoms with van der Waals surface area (Å²) in [4.78, 5) is 24.8. The third kappa shape index (κ3) is 3.89. The number of amides is 2. The number of likely N-dealkylation sites (tertiary alicyclic amines) is 1. The van der Waals surface area contributed by atoms with Crippen molar-refractivity contribution in [2.45, 2.75) is 38.8 Å². The molecular weight excluding hydrogens is 240 g/mol. The number of carbonyl (C=O) groups is 2. The van der Waals surface area contributed by atoms with E-state index in [0.717, 1.165) is 6.42 Å². The molecule has 3 atom stereocenters. The average molecular weight is 260 g/mol. The minimum absolute atomic E-state index is 0.0239. The molecule has 1 aliphatic heterocycles. The first-order valence-corrected chi connectivity index (χ1v) is 7.58. The Hall–Kier alpha value is -0.750. The van der Waals surface area contributed by atoms with Crippen molar-refractivity contribution in [3.63, 3.8) is 0 Å². The van der Waals surface area contributed by atoms with Crippen molar-refractivity contribution >= 4 is 22.6 Å². The molecule has 0 aliphatic carbocycles. The lowest BCUT2D eigenvalue weighted by Crippen LogP contribution is -2.44. The summed E-state index contributed by atoms with van der Waals surface area (Å²) in [6.45, 7) is 4.30. The normalized spacial score (nSPS) is 24.2. The minimum Gasteiger partial charge on any atom is -0.302 e. The van der Waals surface area contributed by atoms with Crippen molar-refractivity contribution in [1.29, 1.82) is 0 Å². The maximum absolute atomic E-state index is 11.9. The zero-order valence-electron chi connectivity index (χ0n) is 10.6. The van der Waals surface area contributed by atoms with Crippen molar-refractivity contribution in [2.75, 3.05) is 18.6 Å². The van der Waals surface area contributed by atoms with Gasteiger partial charge in [-0.25, -0.2) is 0 Å². The van der Waals surface area contributed by atoms with Crippen LogP contribution in [0.2, 0.25) is 0 Å². The molecular formula is C11H20N2O3S. The van der Waals surface area contributed by atoms with Crippen molar-refractivity contribution in [2.24, 2.45) is 0 Å². The molecule has 0 bridgehead atoms. The molecule has 1 fully saturated rings. The molecule has 1 saturated heterocycles. The highest BCUT2D eigenvalue weighted by molar-refractivity contribution is 7.84. The zero-order chi connectivity index (χ0) is 13.0. The highest BCUT2D eigenvalue weighted by Gasteiger charge is 2.38. The Bertz CT molecular complexity index is 333. The first-order chi connectivity index (χ1) is 7.95. The molecule has 0 aromatic carbocycles. The topological polar surface area (TPSA) is 66.5 Å². The number of rotatable bonds is 6. The van der Waals surface area contributed by atoms with E-state index in [2.05, 4.69) is 5.32 Å². The summed E-state index contributed by atoms with van der Waals surface area (Å²) in [6, 6.07) is -0.461. The van der Waals surface area contributed by atoms with Gasteiger partial charge in [-0.2, -0.15) is 0 Å². The van der Waals surface area contributed by atoms with E-state index in [-0.39, 0.29) is 24.3 Å². The third-order valence-electron chi connectivity index (χ3n) is 2.66. The minimum atomic E-state index is -0.900. The zero-order valence-corrected chi connectivity index (χ0v) is 11.4. The molecule has 0 saturated carbocycles. The van der Waals surface area contributed by atoms with Gasteiger partial charge in [0, 0.05) is 35.4 Å². The second kappa shape index (κ2) is 6.26. The lowest BCUT2D eigenvalue weighted by molar-refractivity contribution is -0.138. The molecule has 0 radical (unpaired) electrons. The number of nitrogens with zero attached hydrogens (tertiary/aromatic N) is 1. The molecule has 6 heteroatoms. The van der Waals surface area contributed by atoms with Gasteiger partial charge in [0.2, 0.25) is 11.8 Å². The van der Waals surface area contributed by atoms with Crippen molar-refractivity contribution in [1.82, 2.24) is 10.2 Å². The van der Waals surface area contributed by atoms with Crippen molar-refractivity contribution < 1.29 is 13.8 Å². The monoisotopic (exact) mass is 260 g/mol. The molecule has 3 unspecified atom stereocenters. The van der Waals surface area contributed by atoms with E-state index in [1.807, 2.05) is 13.8 Å². The van der Waals surface area contributed by atoms with Gasteiger partial charge in [-0.1, -0.05) is 6.92 Å². The van der Waals surface area contributed by atoms with Crippen LogP contribution in [-0.2, 0) is 20.4 Å². The highest BCUT2D eigenvalue weighted by atomic mass is 32.2. The van der Waals surface area contributed by atoms with Crippen LogP contribution in [0.1, 0.15) is 26.7 Å². The van der Waals surface area contributed by atoms with Crippen LogP contribution in [0.15, 0.2) is 0 Å². The molecule has 5 nitrogen and oxygen atoms in total. The van der Waals surface area contributed by atoms with Gasteiger partial charge in [-0.15, -0.1) is 0 Å². The quantitative estimate of drug-likeness (QED) is 0.676. The largest absolute Gasteiger partial charge is 0.302 e. The van der Waals surface area contributed by atoms with Crippen LogP contribution >= 0.6 is 0 Å². The number of hydrogen-bond donors (Lipinski definition) is 1. The lowest BCUT2D eigenvalue weighted by atomic mass is 10.2. The SMILES string of the molecule is CCCN1C(=O)CC(NC(C)CS(C)=O)C1=O. The molecule has 0 spiro atoms. The van der Waals surface area contributed by atoms with Gasteiger partial charge in [0.25, 0.3) is 0 Å². The van der Waals surface area contributed by atoms with Gasteiger partial charge in [-0.3, -0.25) is 18.7 Å². The summed E-state index contributed by atoms with van der Waals surface area (Å²) >= 11 is 0. The van der Waals surface area contributed by atoms with Crippen molar-refractivity contribution in [3.8, 4) is 0 Å². The molecule has 98 valence electrons. The first-order valence-electron chi connectivity index (χ1n) is 5.86. The summed E-state index contributed by atoms with van der Waals surface area (Å²) in [5, 5.41) is 3.07. The predicted octanol–water partition coefficient (Wildman–Crippen LogP) is -0.119. The molecule has 2 amide bonds. The maximum atomic E-state index is 11.9. The van der Waals surface area contributed by atoms with Gasteiger partial charge >= 0.3 is 0 Å². The molecule has 17 heavy (non-hydrogen) atoms. The Balaban J connectivity index is 2.54. The van der Waals surface area contributed by atoms with Crippen LogP contribution in [0.25, 0.3) is 0 Å². The van der Waals surface area contributed by atoms with Crippen LogP contribution in [-0.4, -0.2) is 51.6 Å². The van der Waals surface area contributed by atoms with Gasteiger partial charge in [-0.05, 0) is 13.3 Å². The van der Waals surface area contributed by atoms with Gasteiger partial charge in [0.15, 0.2) is 0 Å². The van der Waals surface area contributed by atoms with E-state index in [4.69, 9.17) is 0 Å². The van der Waals surface area contributed by atoms with Crippen molar-refractivity contribution in [3.05, 3.63) is 0 Å². The molecule has 1 rings (SSSR count). The van der Waals surface area contributed by atoms with Crippen LogP contribution in [0.4, 0.5) is 0 Å². The number of carbonyl (C=O) groups excluding carboxylic acids is 2. The summed E-state index contributed by atoms with van der Waals surface area (Å²) < 4.78 is 11.0. The fourth-order valence-corrected chi connectivity index (χ4v) is 2.82. The summed E-state index contributed by atoms with van der Waals surface area (Å²) in [6.07, 6.45) is 2.63. The van der Waals surface area contributed by atoms with E-state index in [1.165, 1.54) is 4.90 Å².